The number of phosphoric ester groups is 1. The first-order valence-corrected chi connectivity index (χ1v) is 37.9. The summed E-state index contributed by atoms with van der Waals surface area (Å²) in [6.45, 7) is 4.55. The zero-order chi connectivity index (χ0) is 61.9. The number of hydrogen-bond acceptors (Lipinski definition) is 6. The normalized spacial score (nSPS) is 14.1. The van der Waals surface area contributed by atoms with E-state index < -0.39 is 26.6 Å². The molecule has 0 radical (unpaired) electrons. The van der Waals surface area contributed by atoms with Crippen molar-refractivity contribution in [3.05, 3.63) is 85.1 Å². The van der Waals surface area contributed by atoms with Crippen LogP contribution in [-0.4, -0.2) is 68.5 Å². The molecule has 0 aromatic carbocycles. The fourth-order valence-electron chi connectivity index (χ4n) is 10.7. The van der Waals surface area contributed by atoms with Crippen molar-refractivity contribution in [2.45, 2.75) is 353 Å². The van der Waals surface area contributed by atoms with Crippen LogP contribution in [0.1, 0.15) is 341 Å². The Labute approximate surface area is 528 Å². The van der Waals surface area contributed by atoms with Gasteiger partial charge < -0.3 is 28.8 Å². The third-order valence-electron chi connectivity index (χ3n) is 16.3. The number of carbonyl (C=O) groups excluding carboxylic acids is 1. The van der Waals surface area contributed by atoms with E-state index in [1.54, 1.807) is 6.08 Å². The number of quaternary nitrogens is 1. The van der Waals surface area contributed by atoms with E-state index in [1.807, 2.05) is 27.2 Å². The summed E-state index contributed by atoms with van der Waals surface area (Å²) in [6.07, 6.45) is 94.4. The van der Waals surface area contributed by atoms with Crippen LogP contribution in [-0.2, 0) is 18.4 Å². The van der Waals surface area contributed by atoms with Gasteiger partial charge in [-0.05, 0) is 77.0 Å². The Morgan fingerprint density at radius 2 is 0.729 bits per heavy atom. The highest BCUT2D eigenvalue weighted by atomic mass is 31.2. The second-order valence-electron chi connectivity index (χ2n) is 25.9. The van der Waals surface area contributed by atoms with Gasteiger partial charge in [0.1, 0.15) is 13.2 Å². The molecule has 496 valence electrons. The minimum atomic E-state index is -4.62. The summed E-state index contributed by atoms with van der Waals surface area (Å²) < 4.78 is 23.5. The van der Waals surface area contributed by atoms with Crippen molar-refractivity contribution in [3.8, 4) is 0 Å². The zero-order valence-corrected chi connectivity index (χ0v) is 57.7. The van der Waals surface area contributed by atoms with E-state index in [1.165, 1.54) is 250 Å². The van der Waals surface area contributed by atoms with Gasteiger partial charge in [-0.3, -0.25) is 9.36 Å². The van der Waals surface area contributed by atoms with Gasteiger partial charge >= 0.3 is 0 Å². The van der Waals surface area contributed by atoms with E-state index in [-0.39, 0.29) is 12.5 Å². The first-order valence-electron chi connectivity index (χ1n) is 36.4. The smallest absolute Gasteiger partial charge is 0.268 e. The Bertz CT molecular complexity index is 1660. The summed E-state index contributed by atoms with van der Waals surface area (Å²) in [4.78, 5) is 25.7. The third-order valence-corrected chi connectivity index (χ3v) is 17.3. The molecule has 85 heavy (non-hydrogen) atoms. The monoisotopic (exact) mass is 1210 g/mol. The van der Waals surface area contributed by atoms with Crippen molar-refractivity contribution in [3.63, 3.8) is 0 Å². The molecule has 1 amide bonds. The molecule has 8 nitrogen and oxygen atoms in total. The largest absolute Gasteiger partial charge is 0.756 e. The zero-order valence-electron chi connectivity index (χ0n) is 56.8. The Balaban J connectivity index is 4.08. The fraction of sp³-hybridized carbons (Fsp3) is 0.803. The van der Waals surface area contributed by atoms with Gasteiger partial charge in [0, 0.05) is 6.42 Å². The number of nitrogens with one attached hydrogen (secondary N) is 1. The highest BCUT2D eigenvalue weighted by Gasteiger charge is 2.23. The fourth-order valence-corrected chi connectivity index (χ4v) is 11.5. The molecule has 0 aromatic heterocycles. The Morgan fingerprint density at radius 3 is 1.09 bits per heavy atom. The average Bonchev–Trinajstić information content (AvgIpc) is 3.49. The van der Waals surface area contributed by atoms with Gasteiger partial charge in [-0.25, -0.2) is 0 Å². The van der Waals surface area contributed by atoms with Crippen LogP contribution in [0.5, 0.6) is 0 Å². The third kappa shape index (κ3) is 69.0. The number of amides is 1. The molecule has 0 aliphatic rings. The Morgan fingerprint density at radius 1 is 0.424 bits per heavy atom. The maximum absolute atomic E-state index is 13.0. The second-order valence-corrected chi connectivity index (χ2v) is 27.3. The summed E-state index contributed by atoms with van der Waals surface area (Å²) in [5.74, 6) is -0.206. The molecule has 0 aliphatic heterocycles. The van der Waals surface area contributed by atoms with Crippen molar-refractivity contribution in [1.82, 2.24) is 5.32 Å². The minimum absolute atomic E-state index is 0.00829. The van der Waals surface area contributed by atoms with Gasteiger partial charge in [0.25, 0.3) is 7.82 Å². The SMILES string of the molecule is CC/C=C\C/C=C\C/C=C\C/C=C\C/C=C\CCCCCCCCCCCCCCCCCC(=O)NC(COP(=O)([O-])OCC[N+](C)(C)C)C(O)/C=C/CC/C=C/CCCCCCCCCCCCCCCCCCCCCCCCCCCC. The molecule has 0 saturated heterocycles. The molecule has 3 atom stereocenters. The van der Waals surface area contributed by atoms with E-state index in [9.17, 15) is 19.4 Å². The minimum Gasteiger partial charge on any atom is -0.756 e. The number of rotatable bonds is 67. The molecule has 0 saturated carbocycles. The van der Waals surface area contributed by atoms with Gasteiger partial charge in [-0.1, -0.05) is 343 Å². The van der Waals surface area contributed by atoms with Crippen LogP contribution >= 0.6 is 7.82 Å². The van der Waals surface area contributed by atoms with Gasteiger partial charge in [-0.2, -0.15) is 0 Å². The maximum Gasteiger partial charge on any atom is 0.268 e. The number of carbonyl (C=O) groups is 1. The van der Waals surface area contributed by atoms with Crippen LogP contribution in [0.4, 0.5) is 0 Å². The van der Waals surface area contributed by atoms with E-state index in [0.717, 1.165) is 70.6 Å². The van der Waals surface area contributed by atoms with Crippen molar-refractivity contribution < 1.29 is 32.9 Å². The van der Waals surface area contributed by atoms with E-state index in [0.29, 0.717) is 17.4 Å². The number of phosphoric acid groups is 1. The molecule has 0 aromatic rings. The number of aliphatic hydroxyl groups excluding tert-OH is 1. The van der Waals surface area contributed by atoms with Crippen molar-refractivity contribution in [2.24, 2.45) is 0 Å². The van der Waals surface area contributed by atoms with Crippen LogP contribution in [0.25, 0.3) is 0 Å². The van der Waals surface area contributed by atoms with Crippen LogP contribution in [0.2, 0.25) is 0 Å². The van der Waals surface area contributed by atoms with Gasteiger partial charge in [-0.15, -0.1) is 0 Å². The molecular weight excluding hydrogens is 1070 g/mol. The van der Waals surface area contributed by atoms with E-state index in [4.69, 9.17) is 9.05 Å². The highest BCUT2D eigenvalue weighted by Crippen LogP contribution is 2.38. The molecule has 9 heteroatoms. The number of allylic oxidation sites excluding steroid dienone is 13. The highest BCUT2D eigenvalue weighted by molar-refractivity contribution is 7.45. The molecule has 3 unspecified atom stereocenters. The van der Waals surface area contributed by atoms with Crippen molar-refractivity contribution in [2.75, 3.05) is 40.9 Å². The summed E-state index contributed by atoms with van der Waals surface area (Å²) in [5.41, 5.74) is 0. The van der Waals surface area contributed by atoms with E-state index >= 15 is 0 Å². The summed E-state index contributed by atoms with van der Waals surface area (Å²) in [6, 6.07) is -0.910. The molecule has 2 N–H and O–H groups in total. The molecular formula is C76H141N2O6P. The van der Waals surface area contributed by atoms with Gasteiger partial charge in [0.2, 0.25) is 5.91 Å². The summed E-state index contributed by atoms with van der Waals surface area (Å²) in [7, 11) is 1.25. The van der Waals surface area contributed by atoms with Gasteiger partial charge in [0.15, 0.2) is 0 Å². The van der Waals surface area contributed by atoms with Crippen LogP contribution in [0.15, 0.2) is 85.1 Å². The molecule has 0 heterocycles. The lowest BCUT2D eigenvalue weighted by atomic mass is 10.0. The number of nitrogens with zero attached hydrogens (tertiary/aromatic N) is 1. The molecule has 0 rings (SSSR count). The predicted molar refractivity (Wildman–Crippen MR) is 371 cm³/mol. The average molecular weight is 1210 g/mol. The lowest BCUT2D eigenvalue weighted by Gasteiger charge is -2.29. The number of likely N-dealkylation sites (N-methyl/N-ethyl adjacent to an activating group) is 1. The Kier molecular flexibility index (Phi) is 64.3. The standard InChI is InChI=1S/C76H141N2O6P/c1-6-8-10-12-14-16-18-20-22-24-26-28-30-32-34-36-38-40-41-43-45-47-49-51-53-55-57-59-61-63-65-67-69-75(79)74(73-84-85(81,82)83-72-71-78(3,4)5)77-76(80)70-68-66-64-62-60-58-56-54-52-50-48-46-44-42-39-37-35-33-31-29-27-25-23-21-19-17-15-13-11-9-7-2/h9,11,15,17,21,23,27,29,33,35,59,61,67,69,74-75,79H,6-8,10,12-14,16,18-20,22,24-26,28,30-32,34,36-58,60,62-66,68,70-73H2,1-5H3,(H-,77,80,81,82)/b11-9-,17-15-,23-21-,29-27-,35-33-,61-59+,69-67+. The van der Waals surface area contributed by atoms with Gasteiger partial charge in [0.05, 0.1) is 39.9 Å². The number of unbranched alkanes of at least 4 members (excludes halogenated alkanes) is 42. The maximum atomic E-state index is 13.0. The molecule has 0 fully saturated rings. The predicted octanol–water partition coefficient (Wildman–Crippen LogP) is 22.9. The van der Waals surface area contributed by atoms with Crippen LogP contribution in [0, 0.1) is 0 Å². The first kappa shape index (κ1) is 82.7. The van der Waals surface area contributed by atoms with Crippen molar-refractivity contribution >= 4 is 13.7 Å². The lowest BCUT2D eigenvalue weighted by molar-refractivity contribution is -0.870. The lowest BCUT2D eigenvalue weighted by Crippen LogP contribution is -2.45. The molecule has 0 spiro atoms. The quantitative estimate of drug-likeness (QED) is 0.0272. The summed E-state index contributed by atoms with van der Waals surface area (Å²) in [5, 5.41) is 14.0. The van der Waals surface area contributed by atoms with E-state index in [2.05, 4.69) is 92.1 Å². The second kappa shape index (κ2) is 66.1. The topological polar surface area (TPSA) is 108 Å². The number of aliphatic hydroxyl groups is 1. The van der Waals surface area contributed by atoms with Crippen LogP contribution in [0.3, 0.4) is 0 Å². The first-order chi connectivity index (χ1) is 41.5. The Hall–Kier alpha value is -2.32. The van der Waals surface area contributed by atoms with Crippen molar-refractivity contribution in [1.29, 1.82) is 0 Å². The number of hydrogen-bond donors (Lipinski definition) is 2. The molecule has 0 aliphatic carbocycles. The summed E-state index contributed by atoms with van der Waals surface area (Å²) >= 11 is 0. The van der Waals surface area contributed by atoms with Crippen LogP contribution < -0.4 is 10.2 Å². The molecule has 0 bridgehead atoms.